The number of sulfone groups is 1. The first-order valence-corrected chi connectivity index (χ1v) is 7.06. The number of nitrogens with zero attached hydrogens (tertiary/aromatic N) is 1. The summed E-state index contributed by atoms with van der Waals surface area (Å²) < 4.78 is 28.4. The molecule has 1 amide bonds. The van der Waals surface area contributed by atoms with Crippen molar-refractivity contribution in [3.05, 3.63) is 0 Å². The average Bonchev–Trinajstić information content (AvgIpc) is 2.59. The van der Waals surface area contributed by atoms with Gasteiger partial charge in [-0.2, -0.15) is 0 Å². The molecule has 2 aliphatic heterocycles. The van der Waals surface area contributed by atoms with Crippen LogP contribution in [0.2, 0.25) is 0 Å². The summed E-state index contributed by atoms with van der Waals surface area (Å²) in [7, 11) is -3.23. The second kappa shape index (κ2) is 4.21. The minimum atomic E-state index is -3.23. The van der Waals surface area contributed by atoms with Crippen molar-refractivity contribution in [1.29, 1.82) is 0 Å². The molecule has 0 aromatic carbocycles. The van der Waals surface area contributed by atoms with E-state index < -0.39 is 27.4 Å². The van der Waals surface area contributed by atoms with Gasteiger partial charge >= 0.3 is 6.09 Å². The molecule has 2 rings (SSSR count). The van der Waals surface area contributed by atoms with Crippen LogP contribution in [0.1, 0.15) is 19.3 Å². The Balaban J connectivity index is 2.15. The van der Waals surface area contributed by atoms with E-state index in [9.17, 15) is 13.2 Å². The minimum absolute atomic E-state index is 0.130. The van der Waals surface area contributed by atoms with Gasteiger partial charge in [0.1, 0.15) is 11.5 Å². The summed E-state index contributed by atoms with van der Waals surface area (Å²) in [5.74, 6) is 0.130. The molecule has 0 aliphatic carbocycles. The lowest BCUT2D eigenvalue weighted by atomic mass is 10.2. The summed E-state index contributed by atoms with van der Waals surface area (Å²) >= 11 is 0. The summed E-state index contributed by atoms with van der Waals surface area (Å²) in [5, 5.41) is 8.12. The zero-order valence-corrected chi connectivity index (χ0v) is 9.65. The Bertz CT molecular complexity index is 379. The molecule has 0 spiro atoms. The number of aliphatic hydroxyl groups is 1. The third-order valence-electron chi connectivity index (χ3n) is 3.00. The SMILES string of the molecule is O=C1O[C@@H](CO)CN1C1CCCCS1(=O)=O. The number of cyclic esters (lactones) is 1. The molecule has 1 unspecified atom stereocenters. The molecule has 7 heteroatoms. The van der Waals surface area contributed by atoms with Crippen LogP contribution >= 0.6 is 0 Å². The summed E-state index contributed by atoms with van der Waals surface area (Å²) in [6, 6.07) is 0. The zero-order chi connectivity index (χ0) is 11.8. The highest BCUT2D eigenvalue weighted by Crippen LogP contribution is 2.26. The average molecular weight is 249 g/mol. The molecule has 0 saturated carbocycles. The van der Waals surface area contributed by atoms with Crippen molar-refractivity contribution in [2.45, 2.75) is 30.7 Å². The number of carbonyl (C=O) groups is 1. The second-order valence-electron chi connectivity index (χ2n) is 4.16. The quantitative estimate of drug-likeness (QED) is 0.728. The largest absolute Gasteiger partial charge is 0.442 e. The maximum atomic E-state index is 11.8. The standard InChI is InChI=1S/C9H15NO5S/c11-6-7-5-10(9(12)15-7)8-3-1-2-4-16(8,13)14/h7-8,11H,1-6H2/t7-,8?/m1/s1. The van der Waals surface area contributed by atoms with E-state index in [-0.39, 0.29) is 18.9 Å². The molecule has 2 saturated heterocycles. The summed E-state index contributed by atoms with van der Waals surface area (Å²) in [6.45, 7) is -0.103. The Morgan fingerprint density at radius 1 is 1.44 bits per heavy atom. The van der Waals surface area contributed by atoms with E-state index in [4.69, 9.17) is 9.84 Å². The fourth-order valence-electron chi connectivity index (χ4n) is 2.16. The van der Waals surface area contributed by atoms with Crippen LogP contribution in [0, 0.1) is 0 Å². The Labute approximate surface area is 94.1 Å². The summed E-state index contributed by atoms with van der Waals surface area (Å²) in [4.78, 5) is 12.7. The molecule has 0 aromatic rings. The Kier molecular flexibility index (Phi) is 3.07. The van der Waals surface area contributed by atoms with Gasteiger partial charge in [-0.3, -0.25) is 4.90 Å². The van der Waals surface area contributed by atoms with Crippen LogP contribution in [-0.2, 0) is 14.6 Å². The minimum Gasteiger partial charge on any atom is -0.442 e. The lowest BCUT2D eigenvalue weighted by Gasteiger charge is -2.28. The monoisotopic (exact) mass is 249 g/mol. The predicted octanol–water partition coefficient (Wildman–Crippen LogP) is -0.276. The van der Waals surface area contributed by atoms with Crippen molar-refractivity contribution >= 4 is 15.9 Å². The fraction of sp³-hybridized carbons (Fsp3) is 0.889. The number of carbonyl (C=O) groups excluding carboxylic acids is 1. The van der Waals surface area contributed by atoms with Gasteiger partial charge in [0.2, 0.25) is 0 Å². The number of ether oxygens (including phenoxy) is 1. The van der Waals surface area contributed by atoms with Crippen molar-refractivity contribution in [1.82, 2.24) is 4.90 Å². The Morgan fingerprint density at radius 2 is 2.19 bits per heavy atom. The number of hydrogen-bond acceptors (Lipinski definition) is 5. The molecule has 16 heavy (non-hydrogen) atoms. The topological polar surface area (TPSA) is 83.9 Å². The van der Waals surface area contributed by atoms with E-state index in [0.29, 0.717) is 12.8 Å². The smallest absolute Gasteiger partial charge is 0.411 e. The van der Waals surface area contributed by atoms with Crippen molar-refractivity contribution in [2.75, 3.05) is 18.9 Å². The maximum Gasteiger partial charge on any atom is 0.411 e. The molecule has 0 radical (unpaired) electrons. The number of amides is 1. The van der Waals surface area contributed by atoms with E-state index in [1.165, 1.54) is 4.90 Å². The summed E-state index contributed by atoms with van der Waals surface area (Å²) in [6.07, 6.45) is 0.706. The number of rotatable bonds is 2. The third-order valence-corrected chi connectivity index (χ3v) is 5.18. The lowest BCUT2D eigenvalue weighted by molar-refractivity contribution is 0.0944. The second-order valence-corrected chi connectivity index (χ2v) is 6.44. The van der Waals surface area contributed by atoms with Gasteiger partial charge in [0, 0.05) is 0 Å². The van der Waals surface area contributed by atoms with Crippen molar-refractivity contribution in [3.63, 3.8) is 0 Å². The van der Waals surface area contributed by atoms with Gasteiger partial charge in [-0.05, 0) is 19.3 Å². The molecular formula is C9H15NO5S. The highest BCUT2D eigenvalue weighted by molar-refractivity contribution is 7.92. The molecular weight excluding hydrogens is 234 g/mol. The Morgan fingerprint density at radius 3 is 2.75 bits per heavy atom. The van der Waals surface area contributed by atoms with Gasteiger partial charge in [0.25, 0.3) is 0 Å². The predicted molar refractivity (Wildman–Crippen MR) is 55.5 cm³/mol. The number of hydrogen-bond donors (Lipinski definition) is 1. The van der Waals surface area contributed by atoms with Gasteiger partial charge in [0.15, 0.2) is 9.84 Å². The van der Waals surface area contributed by atoms with Gasteiger partial charge in [0.05, 0.1) is 18.9 Å². The van der Waals surface area contributed by atoms with Crippen LogP contribution in [0.5, 0.6) is 0 Å². The van der Waals surface area contributed by atoms with Crippen LogP contribution < -0.4 is 0 Å². The van der Waals surface area contributed by atoms with Crippen molar-refractivity contribution in [3.8, 4) is 0 Å². The van der Waals surface area contributed by atoms with Crippen LogP contribution in [0.4, 0.5) is 4.79 Å². The first kappa shape index (κ1) is 11.7. The van der Waals surface area contributed by atoms with Gasteiger partial charge in [-0.25, -0.2) is 13.2 Å². The van der Waals surface area contributed by atoms with Gasteiger partial charge < -0.3 is 9.84 Å². The molecule has 1 N–H and O–H groups in total. The molecule has 92 valence electrons. The van der Waals surface area contributed by atoms with Crippen molar-refractivity contribution < 1.29 is 23.1 Å². The molecule has 0 aromatic heterocycles. The van der Waals surface area contributed by atoms with E-state index in [2.05, 4.69) is 0 Å². The molecule has 0 bridgehead atoms. The first-order valence-electron chi connectivity index (χ1n) is 5.34. The van der Waals surface area contributed by atoms with E-state index in [0.717, 1.165) is 6.42 Å². The highest BCUT2D eigenvalue weighted by atomic mass is 32.2. The normalized spacial score (nSPS) is 33.8. The Hall–Kier alpha value is -0.820. The maximum absolute atomic E-state index is 11.8. The van der Waals surface area contributed by atoms with E-state index >= 15 is 0 Å². The zero-order valence-electron chi connectivity index (χ0n) is 8.83. The summed E-state index contributed by atoms with van der Waals surface area (Å²) in [5.41, 5.74) is 0. The fourth-order valence-corrected chi connectivity index (χ4v) is 4.12. The number of aliphatic hydroxyl groups excluding tert-OH is 1. The van der Waals surface area contributed by atoms with Crippen LogP contribution in [-0.4, -0.2) is 54.9 Å². The first-order chi connectivity index (χ1) is 7.54. The van der Waals surface area contributed by atoms with Gasteiger partial charge in [-0.1, -0.05) is 0 Å². The van der Waals surface area contributed by atoms with Crippen LogP contribution in [0.3, 0.4) is 0 Å². The van der Waals surface area contributed by atoms with Crippen molar-refractivity contribution in [2.24, 2.45) is 0 Å². The third kappa shape index (κ3) is 2.01. The molecule has 2 aliphatic rings. The van der Waals surface area contributed by atoms with Crippen LogP contribution in [0.25, 0.3) is 0 Å². The lowest BCUT2D eigenvalue weighted by Crippen LogP contribution is -2.45. The van der Waals surface area contributed by atoms with Crippen LogP contribution in [0.15, 0.2) is 0 Å². The van der Waals surface area contributed by atoms with Gasteiger partial charge in [-0.15, -0.1) is 0 Å². The molecule has 2 atom stereocenters. The molecule has 6 nitrogen and oxygen atoms in total. The molecule has 2 fully saturated rings. The van der Waals surface area contributed by atoms with E-state index in [1.54, 1.807) is 0 Å². The highest BCUT2D eigenvalue weighted by Gasteiger charge is 2.42. The molecule has 2 heterocycles. The van der Waals surface area contributed by atoms with E-state index in [1.807, 2.05) is 0 Å².